The van der Waals surface area contributed by atoms with Gasteiger partial charge >= 0.3 is 0 Å². The van der Waals surface area contributed by atoms with Gasteiger partial charge in [0.25, 0.3) is 10.0 Å². The van der Waals surface area contributed by atoms with Crippen LogP contribution >= 0.6 is 11.6 Å². The number of nitrogens with one attached hydrogen (secondary N) is 2. The van der Waals surface area contributed by atoms with Crippen LogP contribution < -0.4 is 4.72 Å². The normalized spacial score (nSPS) is 11.3. The van der Waals surface area contributed by atoms with Gasteiger partial charge in [-0.25, -0.2) is 4.98 Å². The van der Waals surface area contributed by atoms with E-state index in [1.165, 1.54) is 24.5 Å². The molecule has 16 heavy (non-hydrogen) atoms. The molecule has 2 N–H and O–H groups in total. The summed E-state index contributed by atoms with van der Waals surface area (Å²) in [5.41, 5.74) is 0. The predicted molar refractivity (Wildman–Crippen MR) is 58.6 cm³/mol. The number of H-pyrrole nitrogens is 1. The first kappa shape index (κ1) is 10.9. The van der Waals surface area contributed by atoms with E-state index in [1.54, 1.807) is 6.07 Å². The van der Waals surface area contributed by atoms with Crippen LogP contribution in [-0.4, -0.2) is 23.6 Å². The molecule has 0 spiro atoms. The minimum absolute atomic E-state index is 0.0238. The molecular formula is C8H7ClN4O2S. The third-order valence-electron chi connectivity index (χ3n) is 1.73. The van der Waals surface area contributed by atoms with Crippen molar-refractivity contribution in [2.75, 3.05) is 4.72 Å². The van der Waals surface area contributed by atoms with E-state index in [0.717, 1.165) is 0 Å². The lowest BCUT2D eigenvalue weighted by Gasteiger charge is -2.04. The van der Waals surface area contributed by atoms with Crippen molar-refractivity contribution in [3.05, 3.63) is 35.6 Å². The molecule has 2 heterocycles. The van der Waals surface area contributed by atoms with Crippen LogP contribution in [0.5, 0.6) is 0 Å². The Bertz CT molecular complexity index is 565. The summed E-state index contributed by atoms with van der Waals surface area (Å²) in [6.45, 7) is 0. The number of pyridine rings is 1. The molecule has 6 nitrogen and oxygen atoms in total. The molecule has 0 unspecified atom stereocenters. The number of hydrogen-bond donors (Lipinski definition) is 2. The van der Waals surface area contributed by atoms with Crippen molar-refractivity contribution in [1.29, 1.82) is 0 Å². The standard InChI is InChI=1S/C8H7ClN4O2S/c9-6-1-2-7(10-5-6)13-16(14,15)8-3-4-11-12-8/h1-5H,(H,10,13)(H,11,12). The van der Waals surface area contributed by atoms with Crippen LogP contribution in [0.15, 0.2) is 35.6 Å². The monoisotopic (exact) mass is 258 g/mol. The maximum atomic E-state index is 11.7. The molecule has 0 fully saturated rings. The average molecular weight is 259 g/mol. The van der Waals surface area contributed by atoms with Crippen LogP contribution in [0.1, 0.15) is 0 Å². The number of aromatic amines is 1. The van der Waals surface area contributed by atoms with Gasteiger partial charge in [-0.05, 0) is 18.2 Å². The zero-order valence-electron chi connectivity index (χ0n) is 7.88. The Morgan fingerprint density at radius 3 is 2.69 bits per heavy atom. The number of rotatable bonds is 3. The smallest absolute Gasteiger partial charge is 0.266 e. The summed E-state index contributed by atoms with van der Waals surface area (Å²) in [6, 6.07) is 4.36. The molecule has 0 aromatic carbocycles. The second kappa shape index (κ2) is 4.11. The number of anilines is 1. The Hall–Kier alpha value is -1.60. The van der Waals surface area contributed by atoms with Crippen LogP contribution in [0.2, 0.25) is 5.02 Å². The van der Waals surface area contributed by atoms with Gasteiger partial charge in [-0.2, -0.15) is 13.5 Å². The maximum Gasteiger partial charge on any atom is 0.279 e. The molecule has 2 rings (SSSR count). The first-order chi connectivity index (χ1) is 7.58. The second-order valence-corrected chi connectivity index (χ2v) is 4.98. The van der Waals surface area contributed by atoms with Gasteiger partial charge in [0.1, 0.15) is 5.82 Å². The fourth-order valence-corrected chi connectivity index (χ4v) is 2.05. The summed E-state index contributed by atoms with van der Waals surface area (Å²) in [6.07, 6.45) is 2.70. The molecule has 0 radical (unpaired) electrons. The van der Waals surface area contributed by atoms with Crippen molar-refractivity contribution < 1.29 is 8.42 Å². The second-order valence-electron chi connectivity index (χ2n) is 2.89. The van der Waals surface area contributed by atoms with Crippen LogP contribution in [0.4, 0.5) is 5.82 Å². The first-order valence-corrected chi connectivity index (χ1v) is 6.08. The summed E-state index contributed by atoms with van der Waals surface area (Å²) >= 11 is 5.63. The van der Waals surface area contributed by atoms with E-state index in [9.17, 15) is 8.42 Å². The van der Waals surface area contributed by atoms with Gasteiger partial charge in [0.15, 0.2) is 5.03 Å². The van der Waals surface area contributed by atoms with Gasteiger partial charge < -0.3 is 0 Å². The van der Waals surface area contributed by atoms with Crippen molar-refractivity contribution in [2.24, 2.45) is 0 Å². The van der Waals surface area contributed by atoms with Crippen LogP contribution in [0, 0.1) is 0 Å². The third-order valence-corrected chi connectivity index (χ3v) is 3.24. The Kier molecular flexibility index (Phi) is 2.80. The highest BCUT2D eigenvalue weighted by atomic mass is 35.5. The van der Waals surface area contributed by atoms with Crippen LogP contribution in [-0.2, 0) is 10.0 Å². The summed E-state index contributed by atoms with van der Waals surface area (Å²) in [7, 11) is -3.66. The van der Waals surface area contributed by atoms with E-state index in [-0.39, 0.29) is 10.8 Å². The van der Waals surface area contributed by atoms with Crippen molar-refractivity contribution in [2.45, 2.75) is 5.03 Å². The highest BCUT2D eigenvalue weighted by Crippen LogP contribution is 2.13. The largest absolute Gasteiger partial charge is 0.279 e. The molecule has 0 saturated carbocycles. The van der Waals surface area contributed by atoms with Crippen LogP contribution in [0.3, 0.4) is 0 Å². The van der Waals surface area contributed by atoms with E-state index in [4.69, 9.17) is 11.6 Å². The fourth-order valence-electron chi connectivity index (χ4n) is 1.02. The Labute approximate surface area is 96.7 Å². The lowest BCUT2D eigenvalue weighted by molar-refractivity contribution is 0.597. The van der Waals surface area contributed by atoms with Gasteiger partial charge in [-0.15, -0.1) is 0 Å². The average Bonchev–Trinajstić information content (AvgIpc) is 2.75. The molecule has 84 valence electrons. The van der Waals surface area contributed by atoms with E-state index in [0.29, 0.717) is 5.02 Å². The Morgan fingerprint density at radius 1 is 1.31 bits per heavy atom. The van der Waals surface area contributed by atoms with E-state index in [2.05, 4.69) is 19.9 Å². The highest BCUT2D eigenvalue weighted by Gasteiger charge is 2.15. The maximum absolute atomic E-state index is 11.7. The van der Waals surface area contributed by atoms with Gasteiger partial charge in [0.05, 0.1) is 11.2 Å². The van der Waals surface area contributed by atoms with Gasteiger partial charge in [-0.3, -0.25) is 9.82 Å². The molecule has 2 aromatic rings. The molecule has 0 amide bonds. The summed E-state index contributed by atoms with van der Waals surface area (Å²) in [5, 5.41) is 6.32. The minimum atomic E-state index is -3.66. The van der Waals surface area contributed by atoms with Crippen molar-refractivity contribution in [3.63, 3.8) is 0 Å². The molecule has 0 aliphatic rings. The molecule has 0 atom stereocenters. The SMILES string of the molecule is O=S(=O)(Nc1ccc(Cl)cn1)c1ccn[nH]1. The van der Waals surface area contributed by atoms with Gasteiger partial charge in [0.2, 0.25) is 0 Å². The van der Waals surface area contributed by atoms with E-state index >= 15 is 0 Å². The van der Waals surface area contributed by atoms with E-state index in [1.807, 2.05) is 0 Å². The number of aromatic nitrogens is 3. The molecular weight excluding hydrogens is 252 g/mol. The molecule has 8 heteroatoms. The first-order valence-electron chi connectivity index (χ1n) is 4.22. The molecule has 0 bridgehead atoms. The Balaban J connectivity index is 2.25. The molecule has 0 aliphatic heterocycles. The minimum Gasteiger partial charge on any atom is -0.266 e. The van der Waals surface area contributed by atoms with Gasteiger partial charge in [0, 0.05) is 6.20 Å². The van der Waals surface area contributed by atoms with Crippen LogP contribution in [0.25, 0.3) is 0 Å². The third kappa shape index (κ3) is 2.31. The Morgan fingerprint density at radius 2 is 2.12 bits per heavy atom. The number of sulfonamides is 1. The fraction of sp³-hybridized carbons (Fsp3) is 0. The summed E-state index contributed by atoms with van der Waals surface area (Å²) < 4.78 is 25.7. The zero-order chi connectivity index (χ0) is 11.6. The zero-order valence-corrected chi connectivity index (χ0v) is 9.46. The molecule has 0 saturated heterocycles. The predicted octanol–water partition coefficient (Wildman–Crippen LogP) is 1.26. The number of halogens is 1. The van der Waals surface area contributed by atoms with Gasteiger partial charge in [-0.1, -0.05) is 11.6 Å². The van der Waals surface area contributed by atoms with E-state index < -0.39 is 10.0 Å². The number of nitrogens with zero attached hydrogens (tertiary/aromatic N) is 2. The van der Waals surface area contributed by atoms with Crippen molar-refractivity contribution >= 4 is 27.4 Å². The topological polar surface area (TPSA) is 87.7 Å². The van der Waals surface area contributed by atoms with Crippen molar-refractivity contribution in [1.82, 2.24) is 15.2 Å². The number of hydrogen-bond acceptors (Lipinski definition) is 4. The summed E-state index contributed by atoms with van der Waals surface area (Å²) in [4.78, 5) is 3.82. The molecule has 0 aliphatic carbocycles. The quantitative estimate of drug-likeness (QED) is 0.868. The molecule has 2 aromatic heterocycles. The lowest BCUT2D eigenvalue weighted by atomic mass is 10.5. The lowest BCUT2D eigenvalue weighted by Crippen LogP contribution is -2.14. The summed E-state index contributed by atoms with van der Waals surface area (Å²) in [5.74, 6) is 0.194. The van der Waals surface area contributed by atoms with Crippen molar-refractivity contribution in [3.8, 4) is 0 Å². The highest BCUT2D eigenvalue weighted by molar-refractivity contribution is 7.92.